The van der Waals surface area contributed by atoms with Gasteiger partial charge in [0.25, 0.3) is 0 Å². The average Bonchev–Trinajstić information content (AvgIpc) is 3.09. The molecule has 0 spiro atoms. The van der Waals surface area contributed by atoms with E-state index in [1.54, 1.807) is 25.3 Å². The normalized spacial score (nSPS) is 10.5. The number of carbonyl (C=O) groups is 1. The van der Waals surface area contributed by atoms with Crippen molar-refractivity contribution in [3.63, 3.8) is 0 Å². The molecular weight excluding hydrogens is 372 g/mol. The van der Waals surface area contributed by atoms with Crippen LogP contribution in [0.25, 0.3) is 0 Å². The van der Waals surface area contributed by atoms with Gasteiger partial charge < -0.3 is 14.6 Å². The lowest BCUT2D eigenvalue weighted by atomic mass is 10.1. The van der Waals surface area contributed by atoms with Crippen LogP contribution in [0.5, 0.6) is 5.75 Å². The van der Waals surface area contributed by atoms with Crippen molar-refractivity contribution in [2.45, 2.75) is 18.1 Å². The number of hydrogen-bond donors (Lipinski definition) is 1. The minimum atomic E-state index is -0.132. The van der Waals surface area contributed by atoms with Crippen molar-refractivity contribution >= 4 is 23.4 Å². The van der Waals surface area contributed by atoms with Gasteiger partial charge in [0, 0.05) is 13.0 Å². The summed E-state index contributed by atoms with van der Waals surface area (Å²) in [6, 6.07) is 17.4. The highest BCUT2D eigenvalue weighted by atomic mass is 32.2. The van der Waals surface area contributed by atoms with Gasteiger partial charge in [-0.15, -0.1) is 16.8 Å². The van der Waals surface area contributed by atoms with Gasteiger partial charge in [-0.3, -0.25) is 4.79 Å². The number of methoxy groups -OCH3 is 1. The van der Waals surface area contributed by atoms with Gasteiger partial charge in [0.2, 0.25) is 5.91 Å². The molecule has 0 atom stereocenters. The number of allylic oxidation sites excluding steroid dienone is 1. The van der Waals surface area contributed by atoms with Crippen molar-refractivity contribution in [1.82, 2.24) is 14.8 Å². The van der Waals surface area contributed by atoms with E-state index in [2.05, 4.69) is 34.2 Å². The molecule has 1 heterocycles. The Balaban J connectivity index is 1.66. The number of rotatable bonds is 9. The van der Waals surface area contributed by atoms with Crippen LogP contribution in [0.3, 0.4) is 0 Å². The van der Waals surface area contributed by atoms with Crippen LogP contribution in [-0.2, 0) is 17.8 Å². The van der Waals surface area contributed by atoms with Crippen molar-refractivity contribution in [2.75, 3.05) is 18.2 Å². The van der Waals surface area contributed by atoms with Gasteiger partial charge in [-0.2, -0.15) is 0 Å². The molecule has 6 nitrogen and oxygen atoms in total. The largest absolute Gasteiger partial charge is 0.495 e. The lowest BCUT2D eigenvalue weighted by Crippen LogP contribution is -2.15. The highest BCUT2D eigenvalue weighted by Gasteiger charge is 2.14. The summed E-state index contributed by atoms with van der Waals surface area (Å²) in [6.07, 6.45) is 2.48. The summed E-state index contributed by atoms with van der Waals surface area (Å²) in [7, 11) is 1.58. The van der Waals surface area contributed by atoms with Crippen LogP contribution in [0.1, 0.15) is 11.4 Å². The van der Waals surface area contributed by atoms with E-state index >= 15 is 0 Å². The van der Waals surface area contributed by atoms with E-state index in [1.165, 1.54) is 11.8 Å². The second kappa shape index (κ2) is 9.75. The summed E-state index contributed by atoms with van der Waals surface area (Å²) in [6.45, 7) is 4.41. The van der Waals surface area contributed by atoms with Gasteiger partial charge in [0.15, 0.2) is 5.16 Å². The molecule has 0 aliphatic heterocycles. The Morgan fingerprint density at radius 1 is 1.18 bits per heavy atom. The Hall–Kier alpha value is -3.06. The van der Waals surface area contributed by atoms with Crippen LogP contribution in [0.2, 0.25) is 0 Å². The van der Waals surface area contributed by atoms with Gasteiger partial charge in [0.1, 0.15) is 11.6 Å². The number of hydrogen-bond acceptors (Lipinski definition) is 5. The molecule has 2 aromatic carbocycles. The van der Waals surface area contributed by atoms with Crippen molar-refractivity contribution < 1.29 is 9.53 Å². The SMILES string of the molecule is C=CCn1c(Cc2ccccc2)nnc1SCC(=O)Nc1ccccc1OC. The average molecular weight is 395 g/mol. The lowest BCUT2D eigenvalue weighted by molar-refractivity contribution is -0.113. The van der Waals surface area contributed by atoms with Gasteiger partial charge in [-0.25, -0.2) is 0 Å². The van der Waals surface area contributed by atoms with Crippen LogP contribution < -0.4 is 10.1 Å². The smallest absolute Gasteiger partial charge is 0.234 e. The van der Waals surface area contributed by atoms with Crippen LogP contribution in [0, 0.1) is 0 Å². The Bertz CT molecular complexity index is 941. The fraction of sp³-hybridized carbons (Fsp3) is 0.190. The molecule has 28 heavy (non-hydrogen) atoms. The first-order valence-corrected chi connectivity index (χ1v) is 9.82. The second-order valence-electron chi connectivity index (χ2n) is 6.00. The second-order valence-corrected chi connectivity index (χ2v) is 6.94. The number of anilines is 1. The molecule has 1 N–H and O–H groups in total. The number of nitrogens with zero attached hydrogens (tertiary/aromatic N) is 3. The van der Waals surface area contributed by atoms with Crippen molar-refractivity contribution in [3.05, 3.63) is 78.6 Å². The molecule has 0 saturated heterocycles. The van der Waals surface area contributed by atoms with E-state index in [9.17, 15) is 4.79 Å². The summed E-state index contributed by atoms with van der Waals surface area (Å²) in [5, 5.41) is 12.1. The van der Waals surface area contributed by atoms with Crippen molar-refractivity contribution in [3.8, 4) is 5.75 Å². The topological polar surface area (TPSA) is 69.0 Å². The molecule has 0 unspecified atom stereocenters. The van der Waals surface area contributed by atoms with Gasteiger partial charge in [0.05, 0.1) is 18.6 Å². The lowest BCUT2D eigenvalue weighted by Gasteiger charge is -2.10. The van der Waals surface area contributed by atoms with E-state index in [0.717, 1.165) is 11.4 Å². The molecule has 0 saturated carbocycles. The number of para-hydroxylation sites is 2. The molecule has 7 heteroatoms. The number of aromatic nitrogens is 3. The van der Waals surface area contributed by atoms with E-state index in [1.807, 2.05) is 34.9 Å². The fourth-order valence-corrected chi connectivity index (χ4v) is 3.48. The summed E-state index contributed by atoms with van der Waals surface area (Å²) < 4.78 is 7.25. The maximum absolute atomic E-state index is 12.4. The Labute approximate surface area is 168 Å². The Morgan fingerprint density at radius 2 is 1.93 bits per heavy atom. The molecule has 1 amide bonds. The van der Waals surface area contributed by atoms with Crippen molar-refractivity contribution in [1.29, 1.82) is 0 Å². The number of ether oxygens (including phenoxy) is 1. The number of amides is 1. The molecule has 0 aliphatic rings. The number of carbonyl (C=O) groups excluding carboxylic acids is 1. The summed E-state index contributed by atoms with van der Waals surface area (Å²) in [4.78, 5) is 12.4. The molecular formula is C21H22N4O2S. The third kappa shape index (κ3) is 5.01. The predicted octanol–water partition coefficient (Wildman–Crippen LogP) is 3.79. The maximum Gasteiger partial charge on any atom is 0.234 e. The highest BCUT2D eigenvalue weighted by Crippen LogP contribution is 2.24. The fourth-order valence-electron chi connectivity index (χ4n) is 2.71. The molecule has 0 aliphatic carbocycles. The van der Waals surface area contributed by atoms with Crippen molar-refractivity contribution in [2.24, 2.45) is 0 Å². The minimum absolute atomic E-state index is 0.132. The summed E-state index contributed by atoms with van der Waals surface area (Å²) in [5.41, 5.74) is 1.80. The van der Waals surface area contributed by atoms with Crippen LogP contribution in [0.4, 0.5) is 5.69 Å². The predicted molar refractivity (Wildman–Crippen MR) is 112 cm³/mol. The Morgan fingerprint density at radius 3 is 2.68 bits per heavy atom. The zero-order valence-electron chi connectivity index (χ0n) is 15.7. The quantitative estimate of drug-likeness (QED) is 0.442. The molecule has 0 radical (unpaired) electrons. The first-order chi connectivity index (χ1) is 13.7. The zero-order chi connectivity index (χ0) is 19.8. The van der Waals surface area contributed by atoms with Gasteiger partial charge in [-0.05, 0) is 17.7 Å². The molecule has 0 bridgehead atoms. The van der Waals surface area contributed by atoms with Crippen LogP contribution >= 0.6 is 11.8 Å². The number of nitrogens with one attached hydrogen (secondary N) is 1. The highest BCUT2D eigenvalue weighted by molar-refractivity contribution is 7.99. The zero-order valence-corrected chi connectivity index (χ0v) is 16.5. The van der Waals surface area contributed by atoms with E-state index in [4.69, 9.17) is 4.74 Å². The first kappa shape index (κ1) is 19.7. The molecule has 3 aromatic rings. The molecule has 144 valence electrons. The minimum Gasteiger partial charge on any atom is -0.495 e. The third-order valence-electron chi connectivity index (χ3n) is 4.02. The number of benzene rings is 2. The molecule has 0 fully saturated rings. The van der Waals surface area contributed by atoms with Gasteiger partial charge >= 0.3 is 0 Å². The Kier molecular flexibility index (Phi) is 6.86. The monoisotopic (exact) mass is 394 g/mol. The molecule has 3 rings (SSSR count). The van der Waals surface area contributed by atoms with E-state index in [-0.39, 0.29) is 11.7 Å². The van der Waals surface area contributed by atoms with Crippen LogP contribution in [-0.4, -0.2) is 33.5 Å². The van der Waals surface area contributed by atoms with Crippen LogP contribution in [0.15, 0.2) is 72.4 Å². The first-order valence-electron chi connectivity index (χ1n) is 8.84. The maximum atomic E-state index is 12.4. The third-order valence-corrected chi connectivity index (χ3v) is 4.99. The number of thioether (sulfide) groups is 1. The van der Waals surface area contributed by atoms with E-state index in [0.29, 0.717) is 29.6 Å². The standard InChI is InChI=1S/C21H22N4O2S/c1-3-13-25-19(14-16-9-5-4-6-10-16)23-24-21(25)28-15-20(26)22-17-11-7-8-12-18(17)27-2/h3-12H,1,13-15H2,2H3,(H,22,26). The summed E-state index contributed by atoms with van der Waals surface area (Å²) >= 11 is 1.35. The summed E-state index contributed by atoms with van der Waals surface area (Å²) in [5.74, 6) is 1.56. The van der Waals surface area contributed by atoms with Gasteiger partial charge in [-0.1, -0.05) is 60.3 Å². The van der Waals surface area contributed by atoms with E-state index < -0.39 is 0 Å². The molecule has 1 aromatic heterocycles.